The van der Waals surface area contributed by atoms with Crippen LogP contribution in [0.4, 0.5) is 8.78 Å². The van der Waals surface area contributed by atoms with Gasteiger partial charge in [0.05, 0.1) is 12.8 Å². The highest BCUT2D eigenvalue weighted by Crippen LogP contribution is 2.31. The zero-order chi connectivity index (χ0) is 20.9. The van der Waals surface area contributed by atoms with Crippen molar-refractivity contribution >= 4 is 11.8 Å². The molecule has 30 heavy (non-hydrogen) atoms. The molecule has 0 aliphatic rings. The standard InChI is InChI=1S/C23H19F2N3OS/c1-29-20-13-6-5-12-19(20)28-21(14-16-8-3-2-4-9-16)26-27-23(28)30-15-17-10-7-11-18(24)22(17)25/h2-13H,14-15H2,1H3. The van der Waals surface area contributed by atoms with E-state index in [2.05, 4.69) is 10.2 Å². The highest BCUT2D eigenvalue weighted by Gasteiger charge is 2.19. The lowest BCUT2D eigenvalue weighted by Crippen LogP contribution is -2.06. The monoisotopic (exact) mass is 423 g/mol. The molecule has 0 fully saturated rings. The van der Waals surface area contributed by atoms with E-state index in [0.29, 0.717) is 17.3 Å². The van der Waals surface area contributed by atoms with Crippen LogP contribution in [0.2, 0.25) is 0 Å². The summed E-state index contributed by atoms with van der Waals surface area (Å²) in [4.78, 5) is 0. The van der Waals surface area contributed by atoms with E-state index in [0.717, 1.165) is 23.1 Å². The zero-order valence-corrected chi connectivity index (χ0v) is 17.1. The van der Waals surface area contributed by atoms with Crippen LogP contribution in [0.3, 0.4) is 0 Å². The predicted octanol–water partition coefficient (Wildman–Crippen LogP) is 5.44. The average Bonchev–Trinajstić information content (AvgIpc) is 3.17. The van der Waals surface area contributed by atoms with Gasteiger partial charge in [-0.2, -0.15) is 0 Å². The summed E-state index contributed by atoms with van der Waals surface area (Å²) in [6.45, 7) is 0. The second kappa shape index (κ2) is 9.09. The number of benzene rings is 3. The van der Waals surface area contributed by atoms with Crippen molar-refractivity contribution in [2.24, 2.45) is 0 Å². The molecule has 0 aliphatic heterocycles. The summed E-state index contributed by atoms with van der Waals surface area (Å²) >= 11 is 1.30. The molecule has 3 aromatic carbocycles. The summed E-state index contributed by atoms with van der Waals surface area (Å²) in [6.07, 6.45) is 0.570. The van der Waals surface area contributed by atoms with Gasteiger partial charge in [-0.3, -0.25) is 4.57 Å². The van der Waals surface area contributed by atoms with E-state index < -0.39 is 11.6 Å². The minimum Gasteiger partial charge on any atom is -0.495 e. The number of hydrogen-bond donors (Lipinski definition) is 0. The predicted molar refractivity (Wildman–Crippen MR) is 113 cm³/mol. The molecule has 0 amide bonds. The third-order valence-electron chi connectivity index (χ3n) is 4.62. The number of methoxy groups -OCH3 is 1. The number of hydrogen-bond acceptors (Lipinski definition) is 4. The van der Waals surface area contributed by atoms with Crippen LogP contribution >= 0.6 is 11.8 Å². The number of thioether (sulfide) groups is 1. The van der Waals surface area contributed by atoms with Crippen LogP contribution in [-0.4, -0.2) is 21.9 Å². The molecular weight excluding hydrogens is 404 g/mol. The summed E-state index contributed by atoms with van der Waals surface area (Å²) in [6, 6.07) is 21.7. The molecule has 0 bridgehead atoms. The first kappa shape index (κ1) is 20.1. The number of aromatic nitrogens is 3. The summed E-state index contributed by atoms with van der Waals surface area (Å²) in [5, 5.41) is 9.30. The Morgan fingerprint density at radius 3 is 2.47 bits per heavy atom. The Morgan fingerprint density at radius 1 is 0.900 bits per heavy atom. The highest BCUT2D eigenvalue weighted by atomic mass is 32.2. The van der Waals surface area contributed by atoms with Gasteiger partial charge in [-0.25, -0.2) is 8.78 Å². The molecule has 0 saturated heterocycles. The Hall–Kier alpha value is -3.19. The van der Waals surface area contributed by atoms with Crippen molar-refractivity contribution in [1.29, 1.82) is 0 Å². The minimum atomic E-state index is -0.857. The van der Waals surface area contributed by atoms with Crippen molar-refractivity contribution in [2.45, 2.75) is 17.3 Å². The van der Waals surface area contributed by atoms with Crippen molar-refractivity contribution in [3.05, 3.63) is 101 Å². The highest BCUT2D eigenvalue weighted by molar-refractivity contribution is 7.98. The van der Waals surface area contributed by atoms with E-state index in [-0.39, 0.29) is 11.3 Å². The normalized spacial score (nSPS) is 10.9. The Morgan fingerprint density at radius 2 is 1.67 bits per heavy atom. The van der Waals surface area contributed by atoms with Gasteiger partial charge >= 0.3 is 0 Å². The lowest BCUT2D eigenvalue weighted by atomic mass is 10.1. The Labute approximate surface area is 177 Å². The molecule has 0 unspecified atom stereocenters. The maximum absolute atomic E-state index is 14.1. The summed E-state index contributed by atoms with van der Waals surface area (Å²) < 4.78 is 35.1. The van der Waals surface area contributed by atoms with E-state index >= 15 is 0 Å². The maximum atomic E-state index is 14.1. The van der Waals surface area contributed by atoms with Gasteiger partial charge in [-0.1, -0.05) is 66.4 Å². The van der Waals surface area contributed by atoms with Crippen LogP contribution in [0, 0.1) is 11.6 Å². The molecule has 7 heteroatoms. The molecule has 4 aromatic rings. The molecule has 0 atom stereocenters. The summed E-state index contributed by atoms with van der Waals surface area (Å²) in [7, 11) is 1.61. The lowest BCUT2D eigenvalue weighted by Gasteiger charge is -2.14. The molecule has 1 heterocycles. The zero-order valence-electron chi connectivity index (χ0n) is 16.3. The first-order chi connectivity index (χ1) is 14.7. The number of para-hydroxylation sites is 2. The molecule has 4 nitrogen and oxygen atoms in total. The van der Waals surface area contributed by atoms with Gasteiger partial charge in [0.1, 0.15) is 11.6 Å². The molecule has 0 aliphatic carbocycles. The van der Waals surface area contributed by atoms with Gasteiger partial charge in [0.2, 0.25) is 0 Å². The third-order valence-corrected chi connectivity index (χ3v) is 5.60. The van der Waals surface area contributed by atoms with Crippen molar-refractivity contribution in [2.75, 3.05) is 7.11 Å². The fourth-order valence-electron chi connectivity index (χ4n) is 3.15. The van der Waals surface area contributed by atoms with Gasteiger partial charge in [-0.05, 0) is 23.8 Å². The third kappa shape index (κ3) is 4.21. The van der Waals surface area contributed by atoms with Crippen LogP contribution in [0.25, 0.3) is 5.69 Å². The second-order valence-corrected chi connectivity index (χ2v) is 7.51. The van der Waals surface area contributed by atoms with Gasteiger partial charge < -0.3 is 4.74 Å². The van der Waals surface area contributed by atoms with E-state index in [1.807, 2.05) is 59.2 Å². The number of ether oxygens (including phenoxy) is 1. The molecule has 0 radical (unpaired) electrons. The van der Waals surface area contributed by atoms with Crippen molar-refractivity contribution < 1.29 is 13.5 Å². The first-order valence-corrected chi connectivity index (χ1v) is 10.3. The van der Waals surface area contributed by atoms with Crippen LogP contribution in [0.1, 0.15) is 17.0 Å². The van der Waals surface area contributed by atoms with E-state index in [4.69, 9.17) is 4.74 Å². The molecule has 152 valence electrons. The molecule has 0 saturated carbocycles. The number of halogens is 2. The Balaban J connectivity index is 1.72. The van der Waals surface area contributed by atoms with E-state index in [1.54, 1.807) is 13.2 Å². The van der Waals surface area contributed by atoms with Gasteiger partial charge in [0.15, 0.2) is 16.8 Å². The lowest BCUT2D eigenvalue weighted by molar-refractivity contribution is 0.411. The summed E-state index contributed by atoms with van der Waals surface area (Å²) in [5.41, 5.74) is 2.16. The maximum Gasteiger partial charge on any atom is 0.196 e. The second-order valence-electron chi connectivity index (χ2n) is 6.57. The molecule has 4 rings (SSSR count). The molecule has 1 aromatic heterocycles. The summed E-state index contributed by atoms with van der Waals surface area (Å²) in [5.74, 6) is -0.0670. The quantitative estimate of drug-likeness (QED) is 0.371. The fraction of sp³-hybridized carbons (Fsp3) is 0.130. The van der Waals surface area contributed by atoms with Gasteiger partial charge in [0, 0.05) is 17.7 Å². The smallest absolute Gasteiger partial charge is 0.196 e. The van der Waals surface area contributed by atoms with Crippen molar-refractivity contribution in [1.82, 2.24) is 14.8 Å². The van der Waals surface area contributed by atoms with Crippen LogP contribution in [0.15, 0.2) is 78.0 Å². The van der Waals surface area contributed by atoms with Gasteiger partial charge in [-0.15, -0.1) is 10.2 Å². The minimum absolute atomic E-state index is 0.224. The number of rotatable bonds is 7. The largest absolute Gasteiger partial charge is 0.495 e. The van der Waals surface area contributed by atoms with E-state index in [9.17, 15) is 8.78 Å². The Kier molecular flexibility index (Phi) is 6.09. The molecule has 0 spiro atoms. The van der Waals surface area contributed by atoms with Crippen LogP contribution in [-0.2, 0) is 12.2 Å². The number of nitrogens with zero attached hydrogens (tertiary/aromatic N) is 3. The van der Waals surface area contributed by atoms with Crippen LogP contribution in [0.5, 0.6) is 5.75 Å². The van der Waals surface area contributed by atoms with Crippen molar-refractivity contribution in [3.63, 3.8) is 0 Å². The SMILES string of the molecule is COc1ccccc1-n1c(Cc2ccccc2)nnc1SCc1cccc(F)c1F. The van der Waals surface area contributed by atoms with E-state index in [1.165, 1.54) is 17.8 Å². The fourth-order valence-corrected chi connectivity index (χ4v) is 4.08. The Bertz CT molecular complexity index is 1150. The average molecular weight is 423 g/mol. The van der Waals surface area contributed by atoms with Crippen LogP contribution < -0.4 is 4.74 Å². The first-order valence-electron chi connectivity index (χ1n) is 9.34. The molecular formula is C23H19F2N3OS. The topological polar surface area (TPSA) is 39.9 Å². The van der Waals surface area contributed by atoms with Crippen molar-refractivity contribution in [3.8, 4) is 11.4 Å². The molecule has 0 N–H and O–H groups in total. The van der Waals surface area contributed by atoms with Gasteiger partial charge in [0.25, 0.3) is 0 Å².